The number of nitrogens with two attached hydrogens (primary N) is 1. The molecule has 0 bridgehead atoms. The lowest BCUT2D eigenvalue weighted by molar-refractivity contribution is -0.385. The maximum Gasteiger partial charge on any atom is 0.274 e. The smallest absolute Gasteiger partial charge is 0.274 e. The van der Waals surface area contributed by atoms with Crippen molar-refractivity contribution in [3.05, 3.63) is 38.9 Å². The molecule has 0 spiro atoms. The summed E-state index contributed by atoms with van der Waals surface area (Å²) in [5.41, 5.74) is 6.32. The Bertz CT molecular complexity index is 514. The Morgan fingerprint density at radius 2 is 2.32 bits per heavy atom. The number of guanidine groups is 1. The Hall–Kier alpha value is -1.82. The topological polar surface area (TPSA) is 93.5 Å². The molecule has 0 amide bonds. The highest BCUT2D eigenvalue weighted by atomic mass is 35.5. The normalized spacial score (nSPS) is 15.3. The average Bonchev–Trinajstić information content (AvgIpc) is 3.14. The molecule has 19 heavy (non-hydrogen) atoms. The second kappa shape index (κ2) is 5.88. The van der Waals surface area contributed by atoms with Crippen LogP contribution >= 0.6 is 11.6 Å². The Balaban J connectivity index is 1.96. The molecule has 0 saturated heterocycles. The third kappa shape index (κ3) is 4.10. The van der Waals surface area contributed by atoms with Crippen LogP contribution in [0.15, 0.2) is 23.2 Å². The van der Waals surface area contributed by atoms with Gasteiger partial charge in [-0.3, -0.25) is 15.1 Å². The van der Waals surface area contributed by atoms with Gasteiger partial charge in [0, 0.05) is 29.2 Å². The first-order chi connectivity index (χ1) is 9.06. The van der Waals surface area contributed by atoms with E-state index in [2.05, 4.69) is 10.3 Å². The number of nitro benzene ring substituents is 1. The number of nitro groups is 1. The first-order valence-electron chi connectivity index (χ1n) is 6.05. The number of hydrogen-bond acceptors (Lipinski definition) is 3. The molecule has 0 unspecified atom stereocenters. The van der Waals surface area contributed by atoms with Crippen LogP contribution in [0, 0.1) is 10.1 Å². The summed E-state index contributed by atoms with van der Waals surface area (Å²) in [4.78, 5) is 14.6. The van der Waals surface area contributed by atoms with E-state index < -0.39 is 4.92 Å². The largest absolute Gasteiger partial charge is 0.370 e. The van der Waals surface area contributed by atoms with Gasteiger partial charge >= 0.3 is 0 Å². The molecule has 1 aromatic carbocycles. The van der Waals surface area contributed by atoms with Crippen molar-refractivity contribution in [1.82, 2.24) is 5.32 Å². The van der Waals surface area contributed by atoms with E-state index in [0.29, 0.717) is 35.6 Å². The fourth-order valence-corrected chi connectivity index (χ4v) is 1.86. The van der Waals surface area contributed by atoms with Crippen LogP contribution in [0.4, 0.5) is 5.69 Å². The average molecular weight is 283 g/mol. The van der Waals surface area contributed by atoms with E-state index in [1.165, 1.54) is 6.07 Å². The second-order valence-corrected chi connectivity index (χ2v) is 4.90. The molecule has 0 atom stereocenters. The summed E-state index contributed by atoms with van der Waals surface area (Å²) in [6.07, 6.45) is 2.71. The van der Waals surface area contributed by atoms with Gasteiger partial charge < -0.3 is 11.1 Å². The van der Waals surface area contributed by atoms with Crippen molar-refractivity contribution in [3.63, 3.8) is 0 Å². The molecule has 102 valence electrons. The lowest BCUT2D eigenvalue weighted by Crippen LogP contribution is -2.33. The number of nitrogens with one attached hydrogen (secondary N) is 1. The van der Waals surface area contributed by atoms with Gasteiger partial charge in [-0.25, -0.2) is 0 Å². The van der Waals surface area contributed by atoms with Crippen molar-refractivity contribution in [2.75, 3.05) is 6.54 Å². The maximum absolute atomic E-state index is 10.9. The molecule has 0 aromatic heterocycles. The van der Waals surface area contributed by atoms with Gasteiger partial charge in [0.2, 0.25) is 0 Å². The third-order valence-corrected chi connectivity index (χ3v) is 3.07. The summed E-state index contributed by atoms with van der Waals surface area (Å²) in [6.45, 7) is 0.411. The minimum absolute atomic E-state index is 0.0245. The highest BCUT2D eigenvalue weighted by molar-refractivity contribution is 6.30. The predicted molar refractivity (Wildman–Crippen MR) is 74.5 cm³/mol. The van der Waals surface area contributed by atoms with Crippen molar-refractivity contribution in [3.8, 4) is 0 Å². The quantitative estimate of drug-likeness (QED) is 0.373. The van der Waals surface area contributed by atoms with Crippen LogP contribution in [0.3, 0.4) is 0 Å². The molecular weight excluding hydrogens is 268 g/mol. The number of hydrogen-bond donors (Lipinski definition) is 2. The van der Waals surface area contributed by atoms with Gasteiger partial charge in [-0.05, 0) is 25.3 Å². The summed E-state index contributed by atoms with van der Waals surface area (Å²) in [6, 6.07) is 5.10. The van der Waals surface area contributed by atoms with Gasteiger partial charge in [-0.1, -0.05) is 17.7 Å². The molecule has 7 heteroatoms. The number of nitrogens with zero attached hydrogens (tertiary/aromatic N) is 2. The molecule has 1 saturated carbocycles. The van der Waals surface area contributed by atoms with E-state index in [1.54, 1.807) is 12.1 Å². The highest BCUT2D eigenvalue weighted by Crippen LogP contribution is 2.23. The minimum Gasteiger partial charge on any atom is -0.370 e. The first-order valence-corrected chi connectivity index (χ1v) is 6.43. The standard InChI is InChI=1S/C12H15ClN4O2/c13-9-2-1-8(11(7-9)17(18)19)5-6-15-12(14)16-10-3-4-10/h1-2,7,10H,3-6H2,(H3,14,15,16). The lowest BCUT2D eigenvalue weighted by Gasteiger charge is -2.04. The fraction of sp³-hybridized carbons (Fsp3) is 0.417. The molecule has 0 heterocycles. The second-order valence-electron chi connectivity index (χ2n) is 4.47. The summed E-state index contributed by atoms with van der Waals surface area (Å²) >= 11 is 5.75. The van der Waals surface area contributed by atoms with Crippen molar-refractivity contribution in [2.45, 2.75) is 25.3 Å². The molecule has 0 aliphatic heterocycles. The zero-order chi connectivity index (χ0) is 13.8. The Morgan fingerprint density at radius 1 is 1.58 bits per heavy atom. The lowest BCUT2D eigenvalue weighted by atomic mass is 10.1. The zero-order valence-electron chi connectivity index (χ0n) is 10.3. The van der Waals surface area contributed by atoms with E-state index in [9.17, 15) is 10.1 Å². The van der Waals surface area contributed by atoms with Gasteiger partial charge in [0.25, 0.3) is 5.69 Å². The zero-order valence-corrected chi connectivity index (χ0v) is 11.1. The monoisotopic (exact) mass is 282 g/mol. The van der Waals surface area contributed by atoms with Crippen LogP contribution in [0.1, 0.15) is 18.4 Å². The van der Waals surface area contributed by atoms with Crippen LogP contribution < -0.4 is 11.1 Å². The molecule has 2 rings (SSSR count). The Kier molecular flexibility index (Phi) is 4.21. The summed E-state index contributed by atoms with van der Waals surface area (Å²) in [5.74, 6) is 0.402. The predicted octanol–water partition coefficient (Wildman–Crippen LogP) is 1.86. The van der Waals surface area contributed by atoms with Crippen LogP contribution in [-0.4, -0.2) is 23.5 Å². The number of halogens is 1. The first kappa shape index (κ1) is 13.6. The molecule has 0 radical (unpaired) electrons. The minimum atomic E-state index is -0.434. The summed E-state index contributed by atoms with van der Waals surface area (Å²) in [5, 5.41) is 14.3. The van der Waals surface area contributed by atoms with Crippen molar-refractivity contribution < 1.29 is 4.92 Å². The summed E-state index contributed by atoms with van der Waals surface area (Å²) < 4.78 is 0. The Morgan fingerprint density at radius 3 is 2.95 bits per heavy atom. The van der Waals surface area contributed by atoms with Crippen molar-refractivity contribution in [1.29, 1.82) is 0 Å². The van der Waals surface area contributed by atoms with Crippen LogP contribution in [0.5, 0.6) is 0 Å². The Labute approximate surface area is 115 Å². The van der Waals surface area contributed by atoms with Gasteiger partial charge in [0.15, 0.2) is 5.96 Å². The molecule has 6 nitrogen and oxygen atoms in total. The molecule has 3 N–H and O–H groups in total. The van der Waals surface area contributed by atoms with Gasteiger partial charge in [-0.15, -0.1) is 0 Å². The van der Waals surface area contributed by atoms with Crippen LogP contribution in [0.2, 0.25) is 5.02 Å². The third-order valence-electron chi connectivity index (χ3n) is 2.84. The molecule has 1 aromatic rings. The van der Waals surface area contributed by atoms with E-state index in [1.807, 2.05) is 0 Å². The number of benzene rings is 1. The summed E-state index contributed by atoms with van der Waals surface area (Å²) in [7, 11) is 0. The van der Waals surface area contributed by atoms with E-state index in [4.69, 9.17) is 17.3 Å². The van der Waals surface area contributed by atoms with Crippen molar-refractivity contribution in [2.24, 2.45) is 10.7 Å². The molecule has 1 fully saturated rings. The van der Waals surface area contributed by atoms with Gasteiger partial charge in [0.05, 0.1) is 4.92 Å². The molecule has 1 aliphatic carbocycles. The highest BCUT2D eigenvalue weighted by Gasteiger charge is 2.21. The molecule has 1 aliphatic rings. The van der Waals surface area contributed by atoms with E-state index in [0.717, 1.165) is 12.8 Å². The van der Waals surface area contributed by atoms with Crippen molar-refractivity contribution >= 4 is 23.2 Å². The van der Waals surface area contributed by atoms with E-state index >= 15 is 0 Å². The fourth-order valence-electron chi connectivity index (χ4n) is 1.70. The molecular formula is C12H15ClN4O2. The van der Waals surface area contributed by atoms with Gasteiger partial charge in [0.1, 0.15) is 0 Å². The van der Waals surface area contributed by atoms with Crippen LogP contribution in [0.25, 0.3) is 0 Å². The van der Waals surface area contributed by atoms with Crippen LogP contribution in [-0.2, 0) is 6.42 Å². The van der Waals surface area contributed by atoms with Gasteiger partial charge in [-0.2, -0.15) is 0 Å². The number of aliphatic imine (C=N–C) groups is 1. The van der Waals surface area contributed by atoms with E-state index in [-0.39, 0.29) is 5.69 Å². The SMILES string of the molecule is NC(=NCCc1ccc(Cl)cc1[N+](=O)[O-])NC1CC1. The maximum atomic E-state index is 10.9. The number of rotatable bonds is 5.